The molecule has 1 aromatic rings. The van der Waals surface area contributed by atoms with Crippen molar-refractivity contribution >= 4 is 6.09 Å². The molecule has 112 valence electrons. The molecule has 0 aliphatic carbocycles. The summed E-state index contributed by atoms with van der Waals surface area (Å²) >= 11 is 0. The Bertz CT molecular complexity index is 426. The molecular formula is C15H23FN2O2. The van der Waals surface area contributed by atoms with E-state index < -0.39 is 5.60 Å². The molecule has 0 radical (unpaired) electrons. The Hall–Kier alpha value is -1.62. The SMILES string of the molecule is CC(C)(C)OC(=O)N(CCN)CCc1ccc(F)cc1. The van der Waals surface area contributed by atoms with Gasteiger partial charge >= 0.3 is 6.09 Å². The standard InChI is InChI=1S/C15H23FN2O2/c1-15(2,3)20-14(19)18(11-9-17)10-8-12-4-6-13(16)7-5-12/h4-7H,8-11,17H2,1-3H3. The third-order valence-corrected chi connectivity index (χ3v) is 2.63. The van der Waals surface area contributed by atoms with Crippen molar-refractivity contribution in [3.8, 4) is 0 Å². The smallest absolute Gasteiger partial charge is 0.410 e. The summed E-state index contributed by atoms with van der Waals surface area (Å²) in [5, 5.41) is 0. The minimum atomic E-state index is -0.528. The number of carbonyl (C=O) groups excluding carboxylic acids is 1. The van der Waals surface area contributed by atoms with E-state index in [2.05, 4.69) is 0 Å². The fraction of sp³-hybridized carbons (Fsp3) is 0.533. The van der Waals surface area contributed by atoms with Gasteiger partial charge in [-0.15, -0.1) is 0 Å². The average Bonchev–Trinajstić information content (AvgIpc) is 2.34. The van der Waals surface area contributed by atoms with E-state index in [0.29, 0.717) is 26.1 Å². The molecule has 0 unspecified atom stereocenters. The Kier molecular flexibility index (Phi) is 5.95. The molecule has 0 spiro atoms. The second kappa shape index (κ2) is 7.24. The number of halogens is 1. The first-order chi connectivity index (χ1) is 9.31. The molecule has 0 heterocycles. The van der Waals surface area contributed by atoms with Crippen LogP contribution in [0.5, 0.6) is 0 Å². The number of hydrogen-bond donors (Lipinski definition) is 1. The van der Waals surface area contributed by atoms with E-state index in [-0.39, 0.29) is 11.9 Å². The second-order valence-electron chi connectivity index (χ2n) is 5.63. The Morgan fingerprint density at radius 3 is 2.35 bits per heavy atom. The maximum atomic E-state index is 12.8. The Morgan fingerprint density at radius 1 is 1.25 bits per heavy atom. The molecule has 2 N–H and O–H groups in total. The van der Waals surface area contributed by atoms with Crippen molar-refractivity contribution in [1.29, 1.82) is 0 Å². The van der Waals surface area contributed by atoms with Gasteiger partial charge in [-0.3, -0.25) is 0 Å². The number of nitrogens with two attached hydrogens (primary N) is 1. The summed E-state index contributed by atoms with van der Waals surface area (Å²) in [5.41, 5.74) is 5.96. The highest BCUT2D eigenvalue weighted by Crippen LogP contribution is 2.11. The first kappa shape index (κ1) is 16.4. The van der Waals surface area contributed by atoms with E-state index >= 15 is 0 Å². The highest BCUT2D eigenvalue weighted by atomic mass is 19.1. The molecule has 20 heavy (non-hydrogen) atoms. The van der Waals surface area contributed by atoms with Gasteiger partial charge in [-0.05, 0) is 44.9 Å². The average molecular weight is 282 g/mol. The van der Waals surface area contributed by atoms with Gasteiger partial charge in [0.15, 0.2) is 0 Å². The predicted molar refractivity (Wildman–Crippen MR) is 77.0 cm³/mol. The van der Waals surface area contributed by atoms with E-state index in [9.17, 15) is 9.18 Å². The van der Waals surface area contributed by atoms with Crippen LogP contribution in [0, 0.1) is 5.82 Å². The molecule has 1 amide bonds. The number of benzene rings is 1. The zero-order valence-corrected chi connectivity index (χ0v) is 12.4. The van der Waals surface area contributed by atoms with Gasteiger partial charge in [-0.25, -0.2) is 9.18 Å². The monoisotopic (exact) mass is 282 g/mol. The minimum Gasteiger partial charge on any atom is -0.444 e. The van der Waals surface area contributed by atoms with Crippen LogP contribution in [0.1, 0.15) is 26.3 Å². The third-order valence-electron chi connectivity index (χ3n) is 2.63. The van der Waals surface area contributed by atoms with Gasteiger partial charge in [0.2, 0.25) is 0 Å². The van der Waals surface area contributed by atoms with Crippen LogP contribution < -0.4 is 5.73 Å². The van der Waals surface area contributed by atoms with Gasteiger partial charge in [0.1, 0.15) is 11.4 Å². The highest BCUT2D eigenvalue weighted by molar-refractivity contribution is 5.68. The maximum absolute atomic E-state index is 12.8. The first-order valence-corrected chi connectivity index (χ1v) is 6.74. The lowest BCUT2D eigenvalue weighted by Gasteiger charge is -2.27. The second-order valence-corrected chi connectivity index (χ2v) is 5.63. The van der Waals surface area contributed by atoms with Crippen molar-refractivity contribution < 1.29 is 13.9 Å². The number of hydrogen-bond acceptors (Lipinski definition) is 3. The van der Waals surface area contributed by atoms with E-state index in [4.69, 9.17) is 10.5 Å². The molecule has 1 rings (SSSR count). The van der Waals surface area contributed by atoms with Gasteiger partial charge < -0.3 is 15.4 Å². The summed E-state index contributed by atoms with van der Waals surface area (Å²) < 4.78 is 18.2. The van der Waals surface area contributed by atoms with E-state index in [0.717, 1.165) is 5.56 Å². The molecule has 0 bridgehead atoms. The summed E-state index contributed by atoms with van der Waals surface area (Å²) in [5.74, 6) is -0.264. The van der Waals surface area contributed by atoms with Crippen molar-refractivity contribution in [2.75, 3.05) is 19.6 Å². The Morgan fingerprint density at radius 2 is 1.85 bits per heavy atom. The highest BCUT2D eigenvalue weighted by Gasteiger charge is 2.21. The van der Waals surface area contributed by atoms with E-state index in [1.54, 1.807) is 17.0 Å². The van der Waals surface area contributed by atoms with Crippen molar-refractivity contribution in [2.45, 2.75) is 32.8 Å². The number of carbonyl (C=O) groups is 1. The lowest BCUT2D eigenvalue weighted by molar-refractivity contribution is 0.0257. The Balaban J connectivity index is 2.58. The first-order valence-electron chi connectivity index (χ1n) is 6.74. The van der Waals surface area contributed by atoms with Gasteiger partial charge in [0.25, 0.3) is 0 Å². The zero-order chi connectivity index (χ0) is 15.2. The fourth-order valence-electron chi connectivity index (χ4n) is 1.69. The molecule has 5 heteroatoms. The summed E-state index contributed by atoms with van der Waals surface area (Å²) in [6, 6.07) is 6.25. The molecule has 0 saturated heterocycles. The Labute approximate surface area is 119 Å². The van der Waals surface area contributed by atoms with Gasteiger partial charge in [-0.1, -0.05) is 12.1 Å². The summed E-state index contributed by atoms with van der Waals surface area (Å²) in [4.78, 5) is 13.6. The van der Waals surface area contributed by atoms with Gasteiger partial charge in [-0.2, -0.15) is 0 Å². The van der Waals surface area contributed by atoms with Crippen molar-refractivity contribution in [1.82, 2.24) is 4.90 Å². The van der Waals surface area contributed by atoms with E-state index in [1.807, 2.05) is 20.8 Å². The molecule has 0 atom stereocenters. The largest absolute Gasteiger partial charge is 0.444 e. The molecule has 0 aromatic heterocycles. The van der Waals surface area contributed by atoms with Crippen molar-refractivity contribution in [2.24, 2.45) is 5.73 Å². The van der Waals surface area contributed by atoms with Crippen LogP contribution in [-0.4, -0.2) is 36.2 Å². The zero-order valence-electron chi connectivity index (χ0n) is 12.4. The molecule has 0 aliphatic rings. The maximum Gasteiger partial charge on any atom is 0.410 e. The van der Waals surface area contributed by atoms with Crippen LogP contribution in [0.4, 0.5) is 9.18 Å². The molecule has 1 aromatic carbocycles. The fourth-order valence-corrected chi connectivity index (χ4v) is 1.69. The van der Waals surface area contributed by atoms with Crippen LogP contribution in [0.3, 0.4) is 0 Å². The third kappa shape index (κ3) is 6.02. The molecule has 0 aliphatic heterocycles. The van der Waals surface area contributed by atoms with Crippen LogP contribution in [0.15, 0.2) is 24.3 Å². The summed E-state index contributed by atoms with van der Waals surface area (Å²) in [7, 11) is 0. The van der Waals surface area contributed by atoms with Crippen LogP contribution in [0.2, 0.25) is 0 Å². The number of ether oxygens (including phenoxy) is 1. The van der Waals surface area contributed by atoms with Crippen molar-refractivity contribution in [3.63, 3.8) is 0 Å². The normalized spacial score (nSPS) is 11.2. The quantitative estimate of drug-likeness (QED) is 0.903. The van der Waals surface area contributed by atoms with E-state index in [1.165, 1.54) is 12.1 Å². The van der Waals surface area contributed by atoms with Gasteiger partial charge in [0.05, 0.1) is 0 Å². The predicted octanol–water partition coefficient (Wildman–Crippen LogP) is 2.56. The molecule has 0 saturated carbocycles. The van der Waals surface area contributed by atoms with Crippen molar-refractivity contribution in [3.05, 3.63) is 35.6 Å². The van der Waals surface area contributed by atoms with Crippen LogP contribution in [0.25, 0.3) is 0 Å². The number of rotatable bonds is 5. The van der Waals surface area contributed by atoms with Gasteiger partial charge in [0, 0.05) is 19.6 Å². The van der Waals surface area contributed by atoms with Crippen LogP contribution in [-0.2, 0) is 11.2 Å². The number of amides is 1. The lowest BCUT2D eigenvalue weighted by Crippen LogP contribution is -2.40. The number of nitrogens with zero attached hydrogens (tertiary/aromatic N) is 1. The lowest BCUT2D eigenvalue weighted by atomic mass is 10.1. The minimum absolute atomic E-state index is 0.264. The molecule has 4 nitrogen and oxygen atoms in total. The molecule has 0 fully saturated rings. The summed E-state index contributed by atoms with van der Waals surface area (Å²) in [6.07, 6.45) is 0.268. The topological polar surface area (TPSA) is 55.6 Å². The summed E-state index contributed by atoms with van der Waals surface area (Å²) in [6.45, 7) is 6.79. The molecular weight excluding hydrogens is 259 g/mol. The van der Waals surface area contributed by atoms with Crippen LogP contribution >= 0.6 is 0 Å².